The SMILES string of the molecule is C[C@@H](Nc1ncnc(N)c1C#N)c1nc2c(F)cc(F)cc2n1-c1cc(F)cc(F)c1.O=[N+]([O-])c1c(F)cc(F)cc1Nc1cc(F)cc(F)c1. The molecule has 51 heavy (non-hydrogen) atoms. The van der Waals surface area contributed by atoms with Crippen LogP contribution >= 0.6 is 0 Å². The molecule has 4 N–H and O–H groups in total. The van der Waals surface area contributed by atoms with Crippen LogP contribution in [0.5, 0.6) is 0 Å². The Bertz CT molecular complexity index is 2320. The number of nitrogen functional groups attached to an aromatic ring is 1. The molecule has 11 nitrogen and oxygen atoms in total. The number of nitrogens with zero attached hydrogens (tertiary/aromatic N) is 6. The highest BCUT2D eigenvalue weighted by Gasteiger charge is 2.24. The molecule has 0 spiro atoms. The normalized spacial score (nSPS) is 11.4. The van der Waals surface area contributed by atoms with Crippen molar-refractivity contribution in [2.75, 3.05) is 16.4 Å². The zero-order valence-electron chi connectivity index (χ0n) is 25.5. The van der Waals surface area contributed by atoms with Crippen LogP contribution in [0, 0.1) is 68.0 Å². The predicted octanol–water partition coefficient (Wildman–Crippen LogP) is 7.89. The maximum absolute atomic E-state index is 14.4. The Morgan fingerprint density at radius 1 is 0.824 bits per heavy atom. The third-order valence-electron chi connectivity index (χ3n) is 6.89. The number of fused-ring (bicyclic) bond motifs is 1. The summed E-state index contributed by atoms with van der Waals surface area (Å²) in [5.74, 6) is -7.80. The van der Waals surface area contributed by atoms with Crippen LogP contribution in [-0.2, 0) is 0 Å². The second-order valence-corrected chi connectivity index (χ2v) is 10.5. The molecular weight excluding hydrogens is 694 g/mol. The molecular formula is C32H19F8N9O2. The van der Waals surface area contributed by atoms with Crippen LogP contribution in [0.1, 0.15) is 24.4 Å². The van der Waals surface area contributed by atoms with Crippen LogP contribution < -0.4 is 16.4 Å². The molecule has 0 saturated carbocycles. The largest absolute Gasteiger partial charge is 0.382 e. The average molecular weight is 714 g/mol. The van der Waals surface area contributed by atoms with Crippen molar-refractivity contribution in [3.63, 3.8) is 0 Å². The van der Waals surface area contributed by atoms with Gasteiger partial charge in [0.1, 0.15) is 81.5 Å². The quantitative estimate of drug-likeness (QED) is 0.0849. The number of nitrogens with two attached hydrogens (primary N) is 1. The Balaban J connectivity index is 0.000000218. The summed E-state index contributed by atoms with van der Waals surface area (Å²) in [6.07, 6.45) is 1.14. The maximum Gasteiger partial charge on any atom is 0.328 e. The van der Waals surface area contributed by atoms with Crippen molar-refractivity contribution >= 4 is 39.7 Å². The van der Waals surface area contributed by atoms with Gasteiger partial charge in [0, 0.05) is 42.1 Å². The van der Waals surface area contributed by atoms with Gasteiger partial charge in [0.05, 0.1) is 22.2 Å². The topological polar surface area (TPSA) is 161 Å². The van der Waals surface area contributed by atoms with E-state index in [4.69, 9.17) is 5.73 Å². The molecule has 0 radical (unpaired) electrons. The summed E-state index contributed by atoms with van der Waals surface area (Å²) in [4.78, 5) is 21.6. The number of nitriles is 1. The van der Waals surface area contributed by atoms with E-state index in [1.807, 2.05) is 6.07 Å². The Kier molecular flexibility index (Phi) is 9.97. The molecule has 0 aliphatic heterocycles. The van der Waals surface area contributed by atoms with Gasteiger partial charge in [-0.2, -0.15) is 9.65 Å². The van der Waals surface area contributed by atoms with E-state index in [0.29, 0.717) is 30.3 Å². The minimum absolute atomic E-state index is 0.0222. The third-order valence-corrected chi connectivity index (χ3v) is 6.89. The summed E-state index contributed by atoms with van der Waals surface area (Å²) >= 11 is 0. The van der Waals surface area contributed by atoms with E-state index in [9.17, 15) is 50.5 Å². The number of rotatable bonds is 7. The van der Waals surface area contributed by atoms with Gasteiger partial charge in [-0.3, -0.25) is 14.7 Å². The van der Waals surface area contributed by atoms with Crippen molar-refractivity contribution in [3.8, 4) is 11.8 Å². The number of aromatic nitrogens is 4. The average Bonchev–Trinajstić information content (AvgIpc) is 3.40. The summed E-state index contributed by atoms with van der Waals surface area (Å²) in [5.41, 5.74) is 3.63. The van der Waals surface area contributed by atoms with Crippen LogP contribution in [0.15, 0.2) is 67.0 Å². The van der Waals surface area contributed by atoms with Gasteiger partial charge < -0.3 is 16.4 Å². The van der Waals surface area contributed by atoms with Crippen LogP contribution in [0.25, 0.3) is 16.7 Å². The number of nitrogens with one attached hydrogen (secondary N) is 2. The fraction of sp³-hybridized carbons (Fsp3) is 0.0625. The van der Waals surface area contributed by atoms with E-state index in [1.165, 1.54) is 4.57 Å². The van der Waals surface area contributed by atoms with Gasteiger partial charge >= 0.3 is 5.69 Å². The monoisotopic (exact) mass is 713 g/mol. The summed E-state index contributed by atoms with van der Waals surface area (Å²) in [6.45, 7) is 1.60. The van der Waals surface area contributed by atoms with Gasteiger partial charge in [-0.05, 0) is 31.2 Å². The summed E-state index contributed by atoms with van der Waals surface area (Å²) in [7, 11) is 0. The molecule has 2 aromatic heterocycles. The molecule has 0 bridgehead atoms. The molecule has 19 heteroatoms. The van der Waals surface area contributed by atoms with Gasteiger partial charge in [0.15, 0.2) is 5.82 Å². The zero-order chi connectivity index (χ0) is 37.1. The molecule has 260 valence electrons. The summed E-state index contributed by atoms with van der Waals surface area (Å²) in [5, 5.41) is 25.2. The lowest BCUT2D eigenvalue weighted by Gasteiger charge is -2.18. The second-order valence-electron chi connectivity index (χ2n) is 10.5. The van der Waals surface area contributed by atoms with Crippen LogP contribution in [-0.4, -0.2) is 24.4 Å². The molecule has 0 unspecified atom stereocenters. The molecule has 2 heterocycles. The smallest absolute Gasteiger partial charge is 0.328 e. The van der Waals surface area contributed by atoms with Gasteiger partial charge in [-0.15, -0.1) is 0 Å². The molecule has 0 aliphatic carbocycles. The first kappa shape index (κ1) is 35.5. The number of anilines is 4. The van der Waals surface area contributed by atoms with Gasteiger partial charge in [-0.1, -0.05) is 0 Å². The van der Waals surface area contributed by atoms with Gasteiger partial charge in [0.2, 0.25) is 5.82 Å². The number of halogens is 8. The van der Waals surface area contributed by atoms with Crippen molar-refractivity contribution in [1.29, 1.82) is 5.26 Å². The van der Waals surface area contributed by atoms with Crippen molar-refractivity contribution < 1.29 is 40.0 Å². The lowest BCUT2D eigenvalue weighted by Crippen LogP contribution is -2.15. The Morgan fingerprint density at radius 3 is 2.00 bits per heavy atom. The fourth-order valence-corrected chi connectivity index (χ4v) is 4.87. The van der Waals surface area contributed by atoms with Crippen LogP contribution in [0.2, 0.25) is 0 Å². The zero-order valence-corrected chi connectivity index (χ0v) is 25.5. The molecule has 0 amide bonds. The van der Waals surface area contributed by atoms with E-state index in [2.05, 4.69) is 25.6 Å². The highest BCUT2D eigenvalue weighted by molar-refractivity contribution is 5.79. The van der Waals surface area contributed by atoms with E-state index < -0.39 is 68.9 Å². The minimum Gasteiger partial charge on any atom is -0.382 e. The Labute approximate surface area is 280 Å². The van der Waals surface area contributed by atoms with Crippen molar-refractivity contribution in [3.05, 3.63) is 135 Å². The van der Waals surface area contributed by atoms with Crippen molar-refractivity contribution in [2.24, 2.45) is 0 Å². The molecule has 6 aromatic rings. The molecule has 0 fully saturated rings. The van der Waals surface area contributed by atoms with E-state index >= 15 is 0 Å². The number of nitro groups is 1. The first-order valence-corrected chi connectivity index (χ1v) is 14.1. The first-order chi connectivity index (χ1) is 24.1. The molecule has 4 aromatic carbocycles. The lowest BCUT2D eigenvalue weighted by molar-refractivity contribution is -0.386. The van der Waals surface area contributed by atoms with E-state index in [1.54, 1.807) is 6.92 Å². The van der Waals surface area contributed by atoms with Crippen molar-refractivity contribution in [2.45, 2.75) is 13.0 Å². The highest BCUT2D eigenvalue weighted by atomic mass is 19.2. The molecule has 6 rings (SSSR count). The second kappa shape index (κ2) is 14.3. The molecule has 0 aliphatic rings. The molecule has 1 atom stereocenters. The minimum atomic E-state index is -1.39. The first-order valence-electron chi connectivity index (χ1n) is 14.1. The number of imidazole rings is 1. The maximum atomic E-state index is 14.4. The molecule has 0 saturated heterocycles. The number of hydrogen-bond acceptors (Lipinski definition) is 9. The standard InChI is InChI=1S/C20H13F4N7.C12H6F4N2O2/c1-9(29-19-14(7-25)18(26)27-8-28-19)20-30-17-15(24)5-12(23)6-16(17)31(20)13-3-10(21)2-11(22)4-13;13-6-1-7(14)3-9(2-6)17-11-5-8(15)4-10(16)12(11)18(19)20/h2-6,8-9H,1H3,(H3,26,27,28,29);1-5,17H/t9-;/m1./s1. The number of hydrogen-bond donors (Lipinski definition) is 3. The summed E-state index contributed by atoms with van der Waals surface area (Å²) in [6, 6.07) is 8.70. The Hall–Kier alpha value is -6.84. The van der Waals surface area contributed by atoms with Gasteiger partial charge in [0.25, 0.3) is 0 Å². The number of nitro benzene ring substituents is 1. The predicted molar refractivity (Wildman–Crippen MR) is 167 cm³/mol. The van der Waals surface area contributed by atoms with Gasteiger partial charge in [-0.25, -0.2) is 45.7 Å². The highest BCUT2D eigenvalue weighted by Crippen LogP contribution is 2.33. The Morgan fingerprint density at radius 2 is 1.39 bits per heavy atom. The lowest BCUT2D eigenvalue weighted by atomic mass is 10.2. The van der Waals surface area contributed by atoms with Crippen molar-refractivity contribution in [1.82, 2.24) is 19.5 Å². The van der Waals surface area contributed by atoms with Crippen LogP contribution in [0.3, 0.4) is 0 Å². The third kappa shape index (κ3) is 7.75. The fourth-order valence-electron chi connectivity index (χ4n) is 4.87. The van der Waals surface area contributed by atoms with E-state index in [-0.39, 0.29) is 45.4 Å². The summed E-state index contributed by atoms with van der Waals surface area (Å²) < 4.78 is 110. The van der Waals surface area contributed by atoms with E-state index in [0.717, 1.165) is 36.7 Å². The number of benzene rings is 4. The van der Waals surface area contributed by atoms with Crippen LogP contribution in [0.4, 0.5) is 63.8 Å².